The highest BCUT2D eigenvalue weighted by molar-refractivity contribution is 7.91. The van der Waals surface area contributed by atoms with Crippen molar-refractivity contribution >= 4 is 44.1 Å². The number of primary amides is 1. The van der Waals surface area contributed by atoms with Crippen LogP contribution in [0.1, 0.15) is 11.5 Å². The summed E-state index contributed by atoms with van der Waals surface area (Å²) in [6.45, 7) is -0.132. The fourth-order valence-electron chi connectivity index (χ4n) is 3.79. The Morgan fingerprint density at radius 1 is 0.944 bits per heavy atom. The van der Waals surface area contributed by atoms with Gasteiger partial charge in [0.2, 0.25) is 11.8 Å². The number of aromatic nitrogens is 2. The summed E-state index contributed by atoms with van der Waals surface area (Å²) in [5.74, 6) is -2.35. The van der Waals surface area contributed by atoms with Gasteiger partial charge in [-0.3, -0.25) is 9.59 Å². The van der Waals surface area contributed by atoms with E-state index < -0.39 is 33.3 Å². The van der Waals surface area contributed by atoms with E-state index in [1.807, 2.05) is 54.6 Å². The second-order valence-corrected chi connectivity index (χ2v) is 10.5. The predicted octanol–water partition coefficient (Wildman–Crippen LogP) is 2.77. The molecule has 9 nitrogen and oxygen atoms in total. The Morgan fingerprint density at radius 3 is 2.31 bits per heavy atom. The lowest BCUT2D eigenvalue weighted by atomic mass is 9.96. The maximum Gasteiger partial charge on any atom is 0.235 e. The number of sulfone groups is 1. The molecule has 0 aliphatic carbocycles. The lowest BCUT2D eigenvalue weighted by Gasteiger charge is -2.16. The molecule has 0 radical (unpaired) electrons. The number of nitrogens with two attached hydrogens (primary N) is 1. The first-order valence-corrected chi connectivity index (χ1v) is 13.2. The van der Waals surface area contributed by atoms with Crippen molar-refractivity contribution in [3.05, 3.63) is 84.7 Å². The number of fused-ring (bicyclic) bond motifs is 1. The molecule has 0 bridgehead atoms. The van der Waals surface area contributed by atoms with Crippen molar-refractivity contribution < 1.29 is 18.0 Å². The van der Waals surface area contributed by atoms with E-state index in [-0.39, 0.29) is 6.54 Å². The van der Waals surface area contributed by atoms with Crippen LogP contribution in [-0.4, -0.2) is 48.8 Å². The average Bonchev–Trinajstić information content (AvgIpc) is 2.84. The lowest BCUT2D eigenvalue weighted by molar-refractivity contribution is -0.120. The van der Waals surface area contributed by atoms with Crippen LogP contribution in [0.25, 0.3) is 22.0 Å². The Hall–Kier alpha value is -4.31. The molecular weight excluding hydrogens is 478 g/mol. The summed E-state index contributed by atoms with van der Waals surface area (Å²) in [7, 11) is -3.49. The Kier molecular flexibility index (Phi) is 7.25. The van der Waals surface area contributed by atoms with Crippen molar-refractivity contribution in [1.82, 2.24) is 15.3 Å². The Morgan fingerprint density at radius 2 is 1.64 bits per heavy atom. The molecule has 1 heterocycles. The molecule has 1 atom stereocenters. The van der Waals surface area contributed by atoms with Gasteiger partial charge in [0.1, 0.15) is 17.9 Å². The van der Waals surface area contributed by atoms with E-state index in [2.05, 4.69) is 20.6 Å². The van der Waals surface area contributed by atoms with Crippen LogP contribution < -0.4 is 16.4 Å². The number of nitrogens with one attached hydrogen (secondary N) is 2. The minimum absolute atomic E-state index is 0.132. The van der Waals surface area contributed by atoms with Crippen molar-refractivity contribution in [1.29, 1.82) is 0 Å². The van der Waals surface area contributed by atoms with E-state index >= 15 is 0 Å². The zero-order chi connectivity index (χ0) is 25.7. The molecule has 0 spiro atoms. The van der Waals surface area contributed by atoms with Crippen molar-refractivity contribution in [3.63, 3.8) is 0 Å². The van der Waals surface area contributed by atoms with Crippen molar-refractivity contribution in [2.75, 3.05) is 23.9 Å². The Balaban J connectivity index is 1.57. The monoisotopic (exact) mass is 503 g/mol. The van der Waals surface area contributed by atoms with Crippen LogP contribution in [0.4, 0.5) is 11.5 Å². The smallest absolute Gasteiger partial charge is 0.235 e. The number of benzene rings is 3. The Labute approximate surface area is 208 Å². The molecule has 0 saturated heterocycles. The molecule has 184 valence electrons. The van der Waals surface area contributed by atoms with E-state index in [4.69, 9.17) is 5.73 Å². The molecule has 0 aliphatic heterocycles. The van der Waals surface area contributed by atoms with Gasteiger partial charge >= 0.3 is 0 Å². The van der Waals surface area contributed by atoms with Gasteiger partial charge in [-0.2, -0.15) is 0 Å². The van der Waals surface area contributed by atoms with Gasteiger partial charge in [-0.1, -0.05) is 48.5 Å². The van der Waals surface area contributed by atoms with Gasteiger partial charge in [-0.25, -0.2) is 18.4 Å². The van der Waals surface area contributed by atoms with E-state index in [9.17, 15) is 18.0 Å². The van der Waals surface area contributed by atoms with Gasteiger partial charge in [0.15, 0.2) is 9.84 Å². The van der Waals surface area contributed by atoms with Crippen LogP contribution in [-0.2, 0) is 19.4 Å². The molecule has 4 rings (SSSR count). The summed E-state index contributed by atoms with van der Waals surface area (Å²) >= 11 is 0. The van der Waals surface area contributed by atoms with E-state index in [1.165, 1.54) is 6.33 Å². The zero-order valence-corrected chi connectivity index (χ0v) is 20.3. The second-order valence-electron chi connectivity index (χ2n) is 8.40. The maximum atomic E-state index is 12.2. The molecule has 36 heavy (non-hydrogen) atoms. The highest BCUT2D eigenvalue weighted by Crippen LogP contribution is 2.28. The van der Waals surface area contributed by atoms with Crippen LogP contribution in [0.2, 0.25) is 0 Å². The van der Waals surface area contributed by atoms with Gasteiger partial charge < -0.3 is 16.4 Å². The van der Waals surface area contributed by atoms with Gasteiger partial charge in [-0.05, 0) is 41.0 Å². The predicted molar refractivity (Wildman–Crippen MR) is 139 cm³/mol. The van der Waals surface area contributed by atoms with Gasteiger partial charge in [0.05, 0.1) is 11.4 Å². The third-order valence-electron chi connectivity index (χ3n) is 5.56. The van der Waals surface area contributed by atoms with E-state index in [0.29, 0.717) is 22.3 Å². The van der Waals surface area contributed by atoms with E-state index in [1.54, 1.807) is 18.2 Å². The summed E-state index contributed by atoms with van der Waals surface area (Å²) in [6, 6.07) is 23.1. The maximum absolute atomic E-state index is 12.2. The minimum atomic E-state index is -3.49. The molecule has 0 aliphatic rings. The van der Waals surface area contributed by atoms with Crippen LogP contribution in [0, 0.1) is 0 Å². The zero-order valence-electron chi connectivity index (χ0n) is 19.5. The standard InChI is InChI=1S/C26H25N5O4S/c1-36(34,35)15-24(32)28-14-22(25(27)33)19-9-12-23-21(13-19)26(30-16-29-23)31-20-10-7-18(8-11-20)17-5-3-2-4-6-17/h2-13,16,22H,14-15H2,1H3,(H2,27,33)(H,28,32)(H,29,30,31). The molecule has 3 aromatic carbocycles. The molecule has 4 N–H and O–H groups in total. The van der Waals surface area contributed by atoms with Gasteiger partial charge in [0, 0.05) is 23.9 Å². The number of rotatable bonds is 9. The second kappa shape index (κ2) is 10.5. The van der Waals surface area contributed by atoms with E-state index in [0.717, 1.165) is 23.1 Å². The van der Waals surface area contributed by atoms with Crippen LogP contribution in [0.3, 0.4) is 0 Å². The molecule has 0 saturated carbocycles. The van der Waals surface area contributed by atoms with Crippen LogP contribution in [0.15, 0.2) is 79.1 Å². The quantitative estimate of drug-likeness (QED) is 0.318. The van der Waals surface area contributed by atoms with Gasteiger partial charge in [0.25, 0.3) is 0 Å². The SMILES string of the molecule is CS(=O)(=O)CC(=O)NCC(C(N)=O)c1ccc2ncnc(Nc3ccc(-c4ccccc4)cc3)c2c1. The van der Waals surface area contributed by atoms with Gasteiger partial charge in [-0.15, -0.1) is 0 Å². The summed E-state index contributed by atoms with van der Waals surface area (Å²) in [5.41, 5.74) is 9.81. The molecule has 4 aromatic rings. The first kappa shape index (κ1) is 24.8. The average molecular weight is 504 g/mol. The number of hydrogen-bond donors (Lipinski definition) is 3. The van der Waals surface area contributed by atoms with Crippen LogP contribution >= 0.6 is 0 Å². The molecular formula is C26H25N5O4S. The number of anilines is 2. The molecule has 1 unspecified atom stereocenters. The summed E-state index contributed by atoms with van der Waals surface area (Å²) < 4.78 is 22.7. The number of carbonyl (C=O) groups excluding carboxylic acids is 2. The first-order chi connectivity index (χ1) is 17.2. The highest BCUT2D eigenvalue weighted by Gasteiger charge is 2.21. The Bertz CT molecular complexity index is 1510. The lowest BCUT2D eigenvalue weighted by Crippen LogP contribution is -2.37. The summed E-state index contributed by atoms with van der Waals surface area (Å²) in [5, 5.41) is 6.43. The largest absolute Gasteiger partial charge is 0.369 e. The topological polar surface area (TPSA) is 144 Å². The fourth-order valence-corrected chi connectivity index (χ4v) is 4.37. The normalized spacial score (nSPS) is 12.1. The van der Waals surface area contributed by atoms with Crippen molar-refractivity contribution in [2.45, 2.75) is 5.92 Å². The minimum Gasteiger partial charge on any atom is -0.369 e. The molecule has 1 aromatic heterocycles. The van der Waals surface area contributed by atoms with Crippen molar-refractivity contribution in [2.24, 2.45) is 5.73 Å². The number of carbonyl (C=O) groups is 2. The number of nitrogens with zero attached hydrogens (tertiary/aromatic N) is 2. The third-order valence-corrected chi connectivity index (χ3v) is 6.34. The first-order valence-electron chi connectivity index (χ1n) is 11.1. The molecule has 0 fully saturated rings. The molecule has 2 amide bonds. The third kappa shape index (κ3) is 6.22. The van der Waals surface area contributed by atoms with Crippen molar-refractivity contribution in [3.8, 4) is 11.1 Å². The fraction of sp³-hybridized carbons (Fsp3) is 0.154. The molecule has 10 heteroatoms. The number of amides is 2. The number of hydrogen-bond acceptors (Lipinski definition) is 7. The highest BCUT2D eigenvalue weighted by atomic mass is 32.2. The summed E-state index contributed by atoms with van der Waals surface area (Å²) in [4.78, 5) is 32.8. The summed E-state index contributed by atoms with van der Waals surface area (Å²) in [6.07, 6.45) is 2.41. The van der Waals surface area contributed by atoms with Crippen LogP contribution in [0.5, 0.6) is 0 Å².